The molecule has 6 fully saturated rings. The summed E-state index contributed by atoms with van der Waals surface area (Å²) in [6, 6.07) is 26.9. The topological polar surface area (TPSA) is 191 Å². The zero-order chi connectivity index (χ0) is 58.8. The van der Waals surface area contributed by atoms with Crippen LogP contribution in [0.3, 0.4) is 0 Å². The summed E-state index contributed by atoms with van der Waals surface area (Å²) in [4.78, 5) is 33.9. The largest absolute Gasteiger partial charge is 0.468 e. The number of amidine groups is 3. The van der Waals surface area contributed by atoms with Crippen LogP contribution in [0, 0.1) is 34.4 Å². The van der Waals surface area contributed by atoms with Crippen molar-refractivity contribution < 1.29 is 23.7 Å². The van der Waals surface area contributed by atoms with Gasteiger partial charge in [0.05, 0.1) is 45.2 Å². The molecule has 9 rings (SSSR count). The summed E-state index contributed by atoms with van der Waals surface area (Å²) < 4.78 is 22.8. The van der Waals surface area contributed by atoms with Gasteiger partial charge in [-0.1, -0.05) is 102 Å². The van der Waals surface area contributed by atoms with Gasteiger partial charge in [-0.05, 0) is 131 Å². The molecule has 0 unspecified atom stereocenters. The Balaban J connectivity index is 0.000000211. The van der Waals surface area contributed by atoms with Crippen LogP contribution >= 0.6 is 58.3 Å². The molecule has 1 N–H and O–H groups in total. The number of aliphatic imine (C=N–C) groups is 3. The monoisotopic (exact) mass is 1230 g/mol. The lowest BCUT2D eigenvalue weighted by atomic mass is 9.96. The molecule has 6 atom stereocenters. The predicted octanol–water partition coefficient (Wildman–Crippen LogP) is 10.3. The fourth-order valence-electron chi connectivity index (χ4n) is 11.1. The molecule has 0 saturated carbocycles. The number of likely N-dealkylation sites (tertiary alicyclic amines) is 3. The Bertz CT molecular complexity index is 2500. The zero-order valence-corrected chi connectivity index (χ0v) is 52.2. The van der Waals surface area contributed by atoms with Crippen molar-refractivity contribution in [2.45, 2.75) is 135 Å². The molecule has 0 bridgehead atoms. The van der Waals surface area contributed by atoms with E-state index in [1.165, 1.54) is 28.5 Å². The van der Waals surface area contributed by atoms with Crippen LogP contribution in [0.1, 0.15) is 83.4 Å². The van der Waals surface area contributed by atoms with E-state index in [-0.39, 0.29) is 19.6 Å². The molecule has 6 aliphatic heterocycles. The number of nitriles is 3. The second-order valence-electron chi connectivity index (χ2n) is 21.3. The van der Waals surface area contributed by atoms with Gasteiger partial charge in [0.15, 0.2) is 10.3 Å². The van der Waals surface area contributed by atoms with Gasteiger partial charge >= 0.3 is 6.02 Å². The van der Waals surface area contributed by atoms with Crippen molar-refractivity contribution >= 4 is 80.5 Å². The first-order valence-electron chi connectivity index (χ1n) is 28.3. The highest BCUT2D eigenvalue weighted by Crippen LogP contribution is 2.28. The van der Waals surface area contributed by atoms with E-state index in [4.69, 9.17) is 69.5 Å². The number of rotatable bonds is 8. The third kappa shape index (κ3) is 22.9. The Morgan fingerprint density at radius 2 is 0.976 bits per heavy atom. The maximum Gasteiger partial charge on any atom is 0.302 e. The summed E-state index contributed by atoms with van der Waals surface area (Å²) in [5, 5.41) is 33.4. The maximum atomic E-state index is 10.9. The summed E-state index contributed by atoms with van der Waals surface area (Å²) in [5.41, 5.74) is 3.89. The number of nitrogens with one attached hydrogen (secondary N) is 1. The van der Waals surface area contributed by atoms with Crippen molar-refractivity contribution in [3.8, 4) is 18.6 Å². The van der Waals surface area contributed by atoms with Gasteiger partial charge in [0, 0.05) is 117 Å². The molecular formula is C61H85Cl3N12O5S2. The highest BCUT2D eigenvalue weighted by Gasteiger charge is 2.36. The van der Waals surface area contributed by atoms with Gasteiger partial charge in [0.25, 0.3) is 0 Å². The predicted molar refractivity (Wildman–Crippen MR) is 339 cm³/mol. The van der Waals surface area contributed by atoms with E-state index in [9.17, 15) is 4.79 Å². The highest BCUT2D eigenvalue weighted by molar-refractivity contribution is 8.13. The first kappa shape index (κ1) is 69.1. The number of carbonyl (C=O) groups excluding carboxylic acids is 1. The zero-order valence-electron chi connectivity index (χ0n) is 48.3. The van der Waals surface area contributed by atoms with Crippen LogP contribution in [0.5, 0.6) is 0 Å². The molecule has 6 saturated heterocycles. The van der Waals surface area contributed by atoms with Crippen LogP contribution < -0.4 is 5.32 Å². The summed E-state index contributed by atoms with van der Waals surface area (Å²) in [6.07, 6.45) is 18.6. The first-order chi connectivity index (χ1) is 39.7. The van der Waals surface area contributed by atoms with Crippen molar-refractivity contribution in [2.24, 2.45) is 15.0 Å². The molecule has 0 aromatic heterocycles. The SMILES string of the molecule is C.COC(=NC#N)N1CCC(N2C[C@H](C)OC[C@@H]2Cc2ccc(Cl)cc2)CC1.CSC(=NC#N)N1CCC(=O)CC1.CSC(=NC#N)N1CCC(N2C[C@H](C)OC[C@@H]2Cc2ccc(Cl)cc2)CC1.C[C@H]1CN[C@@H](Cc2ccc(Cl)cc2)CO1. The average molecular weight is 1240 g/mol. The molecule has 452 valence electrons. The molecule has 0 spiro atoms. The molecule has 22 heteroatoms. The lowest BCUT2D eigenvalue weighted by molar-refractivity contribution is -0.120. The summed E-state index contributed by atoms with van der Waals surface area (Å²) >= 11 is 20.9. The van der Waals surface area contributed by atoms with Crippen LogP contribution in [-0.4, -0.2) is 194 Å². The van der Waals surface area contributed by atoms with Gasteiger partial charge in [-0.25, -0.2) is 0 Å². The van der Waals surface area contributed by atoms with E-state index < -0.39 is 0 Å². The summed E-state index contributed by atoms with van der Waals surface area (Å²) in [7, 11) is 1.56. The maximum absolute atomic E-state index is 10.9. The van der Waals surface area contributed by atoms with Crippen LogP contribution in [0.2, 0.25) is 15.1 Å². The normalized spacial score (nSPS) is 24.2. The van der Waals surface area contributed by atoms with Gasteiger partial charge in [-0.15, -0.1) is 15.0 Å². The number of benzene rings is 3. The number of carbonyl (C=O) groups is 1. The van der Waals surface area contributed by atoms with E-state index in [1.54, 1.807) is 25.1 Å². The molecule has 0 aliphatic carbocycles. The number of halogens is 3. The minimum absolute atomic E-state index is 0. The van der Waals surface area contributed by atoms with Gasteiger partial charge in [-0.3, -0.25) is 14.6 Å². The number of morpholine rings is 3. The smallest absolute Gasteiger partial charge is 0.302 e. The van der Waals surface area contributed by atoms with Crippen LogP contribution in [0.25, 0.3) is 0 Å². The fraction of sp³-hybridized carbons (Fsp3) is 0.590. The second kappa shape index (κ2) is 37.0. The van der Waals surface area contributed by atoms with Gasteiger partial charge in [0.1, 0.15) is 5.78 Å². The number of methoxy groups -OCH3 is 1. The van der Waals surface area contributed by atoms with E-state index in [1.807, 2.05) is 66.2 Å². The molecule has 83 heavy (non-hydrogen) atoms. The Labute approximate surface area is 517 Å². The van der Waals surface area contributed by atoms with Gasteiger partial charge in [-0.2, -0.15) is 15.8 Å². The number of Topliss-reactive ketones (excluding diaryl/α,β-unsaturated/α-hetero) is 1. The third-order valence-corrected chi connectivity index (χ3v) is 17.6. The molecule has 6 aliphatic rings. The molecule has 3 aromatic rings. The van der Waals surface area contributed by atoms with Crippen molar-refractivity contribution in [2.75, 3.05) is 98.3 Å². The van der Waals surface area contributed by atoms with Crippen molar-refractivity contribution in [3.63, 3.8) is 0 Å². The summed E-state index contributed by atoms with van der Waals surface area (Å²) in [6.45, 7) is 16.6. The number of thioether (sulfide) groups is 2. The van der Waals surface area contributed by atoms with E-state index in [0.717, 1.165) is 136 Å². The van der Waals surface area contributed by atoms with Gasteiger partial charge in [0.2, 0.25) is 18.6 Å². The minimum atomic E-state index is 0. The lowest BCUT2D eigenvalue weighted by Gasteiger charge is -2.46. The van der Waals surface area contributed by atoms with Gasteiger partial charge < -0.3 is 39.0 Å². The Morgan fingerprint density at radius 3 is 1.35 bits per heavy atom. The van der Waals surface area contributed by atoms with E-state index in [2.05, 4.69) is 97.1 Å². The number of ether oxygens (including phenoxy) is 4. The van der Waals surface area contributed by atoms with Crippen LogP contribution in [0.4, 0.5) is 0 Å². The minimum Gasteiger partial charge on any atom is -0.468 e. The lowest BCUT2D eigenvalue weighted by Crippen LogP contribution is -2.57. The number of piperidine rings is 3. The van der Waals surface area contributed by atoms with Crippen molar-refractivity contribution in [1.82, 2.24) is 29.8 Å². The van der Waals surface area contributed by atoms with Crippen LogP contribution in [-0.2, 0) is 43.0 Å². The molecule has 0 radical (unpaired) electrons. The molecule has 3 aromatic carbocycles. The second-order valence-corrected chi connectivity index (χ2v) is 24.1. The van der Waals surface area contributed by atoms with E-state index >= 15 is 0 Å². The Hall–Kier alpha value is -4.66. The number of nitrogens with zero attached hydrogens (tertiary/aromatic N) is 11. The molecule has 0 amide bonds. The third-order valence-electron chi connectivity index (χ3n) is 15.4. The number of hydrogen-bond acceptors (Lipinski definition) is 16. The average Bonchev–Trinajstić information content (AvgIpc) is 3.70. The van der Waals surface area contributed by atoms with E-state index in [0.29, 0.717) is 74.0 Å². The van der Waals surface area contributed by atoms with Crippen molar-refractivity contribution in [1.29, 1.82) is 15.8 Å². The standard InChI is InChI=1S/C20H27ClN4O2.C20H27ClN4OS.C12H16ClNO.C8H11N3OS.CH4/c1-15-12-25(18-7-9-24(10-8-18)20(26-2)23-14-22)19(13-27-15)11-16-3-5-17(21)6-4-16;1-15-12-25(18-7-9-24(10-8-18)20(27-2)23-14-22)19(13-26-15)11-16-3-5-17(21)6-4-16;1-9-7-14-12(8-15-9)6-10-2-4-11(13)5-3-10;1-13-8(10-6-9)11-4-2-7(12)3-5-11;/h2*3-6,15,18-19H,7-13H2,1-2H3;2-5,9,12,14H,6-8H2,1H3;2-5H2,1H3;1H4/t2*15-,19-;9-,12-;;/m000../s1. The Morgan fingerprint density at radius 1 is 0.590 bits per heavy atom. The van der Waals surface area contributed by atoms with Crippen molar-refractivity contribution in [3.05, 3.63) is 105 Å². The molecule has 17 nitrogen and oxygen atoms in total. The Kier molecular flexibility index (Phi) is 30.8. The first-order valence-corrected chi connectivity index (χ1v) is 31.9. The quantitative estimate of drug-likeness (QED) is 0.127. The summed E-state index contributed by atoms with van der Waals surface area (Å²) in [5.74, 6) is 0.300. The molecule has 6 heterocycles. The number of ketones is 1. The number of hydrogen-bond donors (Lipinski definition) is 1. The fourth-order valence-corrected chi connectivity index (χ4v) is 12.7. The highest BCUT2D eigenvalue weighted by atomic mass is 35.5. The molecular weight excluding hydrogens is 1150 g/mol. The van der Waals surface area contributed by atoms with Crippen LogP contribution in [0.15, 0.2) is 87.8 Å².